The highest BCUT2D eigenvalue weighted by molar-refractivity contribution is 7.89. The van der Waals surface area contributed by atoms with Crippen molar-refractivity contribution in [3.05, 3.63) is 54.1 Å². The van der Waals surface area contributed by atoms with E-state index in [-0.39, 0.29) is 10.8 Å². The third-order valence-corrected chi connectivity index (χ3v) is 5.56. The molecule has 0 aliphatic heterocycles. The number of benzene rings is 2. The third-order valence-electron chi connectivity index (χ3n) is 4.10. The highest BCUT2D eigenvalue weighted by atomic mass is 32.2. The average molecular weight is 420 g/mol. The minimum absolute atomic E-state index is 0.0862. The van der Waals surface area contributed by atoms with Gasteiger partial charge in [-0.1, -0.05) is 32.0 Å². The van der Waals surface area contributed by atoms with Gasteiger partial charge in [0.1, 0.15) is 17.5 Å². The molecule has 0 aliphatic carbocycles. The lowest BCUT2D eigenvalue weighted by atomic mass is 10.1. The lowest BCUT2D eigenvalue weighted by molar-refractivity contribution is -0.123. The molecule has 2 rings (SSSR count). The van der Waals surface area contributed by atoms with Crippen LogP contribution in [0.2, 0.25) is 0 Å². The van der Waals surface area contributed by atoms with E-state index in [9.17, 15) is 13.2 Å². The summed E-state index contributed by atoms with van der Waals surface area (Å²) in [4.78, 5) is 12.6. The first-order chi connectivity index (χ1) is 13.8. The fourth-order valence-corrected chi connectivity index (χ4v) is 3.87. The summed E-state index contributed by atoms with van der Waals surface area (Å²) in [5, 5.41) is 3.94. The number of carbonyl (C=O) groups is 1. The van der Waals surface area contributed by atoms with Crippen LogP contribution in [0.4, 0.5) is 0 Å². The van der Waals surface area contributed by atoms with Crippen LogP contribution in [0.5, 0.6) is 11.5 Å². The van der Waals surface area contributed by atoms with Crippen molar-refractivity contribution in [2.45, 2.75) is 24.8 Å². The number of ether oxygens (including phenoxy) is 2. The molecule has 0 saturated heterocycles. The predicted molar refractivity (Wildman–Crippen MR) is 111 cm³/mol. The van der Waals surface area contributed by atoms with Gasteiger partial charge in [0, 0.05) is 5.56 Å². The van der Waals surface area contributed by atoms with Crippen molar-refractivity contribution in [2.75, 3.05) is 14.2 Å². The van der Waals surface area contributed by atoms with Gasteiger partial charge in [-0.05, 0) is 36.2 Å². The zero-order valence-corrected chi connectivity index (χ0v) is 17.6. The molecule has 0 radical (unpaired) electrons. The van der Waals surface area contributed by atoms with Gasteiger partial charge in [-0.15, -0.1) is 0 Å². The highest BCUT2D eigenvalue weighted by Gasteiger charge is 2.28. The molecule has 1 amide bonds. The molecule has 1 unspecified atom stereocenters. The van der Waals surface area contributed by atoms with Crippen molar-refractivity contribution in [3.63, 3.8) is 0 Å². The Kier molecular flexibility index (Phi) is 7.74. The Hall–Kier alpha value is -2.91. The minimum Gasteiger partial charge on any atom is -0.497 e. The molecule has 2 aromatic rings. The lowest BCUT2D eigenvalue weighted by Gasteiger charge is -2.20. The van der Waals surface area contributed by atoms with Crippen molar-refractivity contribution in [3.8, 4) is 11.5 Å². The number of hydrogen-bond donors (Lipinski definition) is 2. The zero-order valence-electron chi connectivity index (χ0n) is 16.7. The van der Waals surface area contributed by atoms with Crippen LogP contribution in [0.15, 0.2) is 58.5 Å². The van der Waals surface area contributed by atoms with Gasteiger partial charge >= 0.3 is 0 Å². The van der Waals surface area contributed by atoms with E-state index >= 15 is 0 Å². The first-order valence-electron chi connectivity index (χ1n) is 8.91. The molecule has 156 valence electrons. The number of nitrogens with zero attached hydrogens (tertiary/aromatic N) is 1. The standard InChI is InChI=1S/C20H25N3O5S/c1-14(2)19(23-29(25,26)17-8-6-5-7-9-17)20(24)22-21-13-15-12-16(27-3)10-11-18(15)28-4/h5-14,19,23H,1-4H3,(H,22,24)/b21-13+. The molecule has 8 nitrogen and oxygen atoms in total. The van der Waals surface area contributed by atoms with Crippen LogP contribution in [0.25, 0.3) is 0 Å². The van der Waals surface area contributed by atoms with Gasteiger partial charge in [0.15, 0.2) is 0 Å². The van der Waals surface area contributed by atoms with Gasteiger partial charge in [-0.2, -0.15) is 9.82 Å². The maximum absolute atomic E-state index is 12.6. The van der Waals surface area contributed by atoms with E-state index in [1.165, 1.54) is 32.6 Å². The number of sulfonamides is 1. The number of methoxy groups -OCH3 is 2. The van der Waals surface area contributed by atoms with Crippen LogP contribution in [-0.2, 0) is 14.8 Å². The van der Waals surface area contributed by atoms with E-state index in [0.717, 1.165) is 0 Å². The quantitative estimate of drug-likeness (QED) is 0.479. The summed E-state index contributed by atoms with van der Waals surface area (Å²) in [6.45, 7) is 3.49. The Morgan fingerprint density at radius 1 is 1.07 bits per heavy atom. The zero-order chi connectivity index (χ0) is 21.4. The Balaban J connectivity index is 2.14. The average Bonchev–Trinajstić information content (AvgIpc) is 2.72. The summed E-state index contributed by atoms with van der Waals surface area (Å²) in [5.74, 6) is 0.288. The van der Waals surface area contributed by atoms with Crippen molar-refractivity contribution in [2.24, 2.45) is 11.0 Å². The van der Waals surface area contributed by atoms with E-state index in [0.29, 0.717) is 17.1 Å². The molecule has 0 fully saturated rings. The number of hydrazone groups is 1. The molecule has 0 aromatic heterocycles. The number of hydrogen-bond acceptors (Lipinski definition) is 6. The number of nitrogens with one attached hydrogen (secondary N) is 2. The maximum Gasteiger partial charge on any atom is 0.258 e. The SMILES string of the molecule is COc1ccc(OC)c(/C=N/NC(=O)C(NS(=O)(=O)c2ccccc2)C(C)C)c1. The minimum atomic E-state index is -3.85. The molecule has 9 heteroatoms. The first kappa shape index (κ1) is 22.4. The second kappa shape index (κ2) is 10.0. The molecule has 1 atom stereocenters. The monoisotopic (exact) mass is 419 g/mol. The normalized spacial score (nSPS) is 12.7. The van der Waals surface area contributed by atoms with Crippen molar-refractivity contribution >= 4 is 22.1 Å². The number of amides is 1. The van der Waals surface area contributed by atoms with Gasteiger partial charge < -0.3 is 9.47 Å². The van der Waals surface area contributed by atoms with Gasteiger partial charge in [-0.25, -0.2) is 13.8 Å². The Bertz CT molecular complexity index is 959. The molecule has 0 aliphatic rings. The molecular weight excluding hydrogens is 394 g/mol. The maximum atomic E-state index is 12.6. The summed E-state index contributed by atoms with van der Waals surface area (Å²) >= 11 is 0. The van der Waals surface area contributed by atoms with Gasteiger partial charge in [0.2, 0.25) is 10.0 Å². The van der Waals surface area contributed by atoms with Crippen molar-refractivity contribution < 1.29 is 22.7 Å². The van der Waals surface area contributed by atoms with Crippen LogP contribution in [0, 0.1) is 5.92 Å². The predicted octanol–water partition coefficient (Wildman–Crippen LogP) is 2.16. The second-order valence-corrected chi connectivity index (χ2v) is 8.21. The highest BCUT2D eigenvalue weighted by Crippen LogP contribution is 2.22. The topological polar surface area (TPSA) is 106 Å². The molecule has 0 bridgehead atoms. The third kappa shape index (κ3) is 6.03. The molecule has 0 heterocycles. The van der Waals surface area contributed by atoms with Crippen molar-refractivity contribution in [1.29, 1.82) is 0 Å². The smallest absolute Gasteiger partial charge is 0.258 e. The van der Waals surface area contributed by atoms with Crippen LogP contribution in [0.1, 0.15) is 19.4 Å². The fraction of sp³-hybridized carbons (Fsp3) is 0.300. The molecule has 2 aromatic carbocycles. The Labute approximate surface area is 171 Å². The van der Waals surface area contributed by atoms with E-state index in [2.05, 4.69) is 15.2 Å². The summed E-state index contributed by atoms with van der Waals surface area (Å²) in [6, 6.07) is 12.0. The molecular formula is C20H25N3O5S. The van der Waals surface area contributed by atoms with E-state index in [4.69, 9.17) is 9.47 Å². The van der Waals surface area contributed by atoms with Crippen LogP contribution < -0.4 is 19.6 Å². The first-order valence-corrected chi connectivity index (χ1v) is 10.4. The van der Waals surface area contributed by atoms with E-state index in [1.807, 2.05) is 0 Å². The number of carbonyl (C=O) groups excluding carboxylic acids is 1. The van der Waals surface area contributed by atoms with Gasteiger partial charge in [0.05, 0.1) is 25.3 Å². The Morgan fingerprint density at radius 2 is 1.76 bits per heavy atom. The van der Waals surface area contributed by atoms with Crippen LogP contribution in [-0.4, -0.2) is 40.8 Å². The Morgan fingerprint density at radius 3 is 2.34 bits per heavy atom. The van der Waals surface area contributed by atoms with Crippen LogP contribution in [0.3, 0.4) is 0 Å². The molecule has 2 N–H and O–H groups in total. The summed E-state index contributed by atoms with van der Waals surface area (Å²) in [7, 11) is -0.789. The number of rotatable bonds is 9. The summed E-state index contributed by atoms with van der Waals surface area (Å²) < 4.78 is 37.9. The van der Waals surface area contributed by atoms with Crippen molar-refractivity contribution in [1.82, 2.24) is 10.1 Å². The molecule has 0 saturated carbocycles. The second-order valence-electron chi connectivity index (χ2n) is 6.50. The van der Waals surface area contributed by atoms with Gasteiger partial charge in [-0.3, -0.25) is 4.79 Å². The molecule has 0 spiro atoms. The summed E-state index contributed by atoms with van der Waals surface area (Å²) in [6.07, 6.45) is 1.41. The van der Waals surface area contributed by atoms with E-state index < -0.39 is 22.0 Å². The van der Waals surface area contributed by atoms with Crippen LogP contribution >= 0.6 is 0 Å². The largest absolute Gasteiger partial charge is 0.497 e. The fourth-order valence-electron chi connectivity index (χ4n) is 2.50. The van der Waals surface area contributed by atoms with Gasteiger partial charge in [0.25, 0.3) is 5.91 Å². The molecule has 29 heavy (non-hydrogen) atoms. The van der Waals surface area contributed by atoms with E-state index in [1.54, 1.807) is 50.2 Å². The summed E-state index contributed by atoms with van der Waals surface area (Å²) in [5.41, 5.74) is 2.98. The lowest BCUT2D eigenvalue weighted by Crippen LogP contribution is -2.48.